The molecule has 228 valence electrons. The summed E-state index contributed by atoms with van der Waals surface area (Å²) in [5, 5.41) is 18.6. The number of nitrogens with one attached hydrogen (secondary N) is 1. The molecule has 3 aromatic carbocycles. The number of hydrogen-bond donors (Lipinski definition) is 4. The number of nitrogens with two attached hydrogens (primary N) is 2. The van der Waals surface area contributed by atoms with Crippen molar-refractivity contribution >= 4 is 27.6 Å². The second-order valence-electron chi connectivity index (χ2n) is 8.57. The first-order valence-corrected chi connectivity index (χ1v) is 13.3. The number of nitrogens with zero attached hydrogens (tertiary/aromatic N) is 2. The highest BCUT2D eigenvalue weighted by Gasteiger charge is 2.38. The van der Waals surface area contributed by atoms with Crippen LogP contribution in [0.4, 0.5) is 32.0 Å². The number of primary sulfonamides is 1. The van der Waals surface area contributed by atoms with Crippen LogP contribution in [-0.2, 0) is 27.5 Å². The van der Waals surface area contributed by atoms with E-state index in [1.54, 1.807) is 48.5 Å². The fourth-order valence-electron chi connectivity index (χ4n) is 3.57. The van der Waals surface area contributed by atoms with Gasteiger partial charge in [-0.15, -0.1) is 0 Å². The monoisotopic (exact) mass is 629 g/mol. The highest BCUT2D eigenvalue weighted by atomic mass is 32.2. The Labute approximate surface area is 239 Å². The molecule has 10 nitrogen and oxygen atoms in total. The van der Waals surface area contributed by atoms with Gasteiger partial charge in [0, 0.05) is 23.9 Å². The molecule has 0 unspecified atom stereocenters. The summed E-state index contributed by atoms with van der Waals surface area (Å²) in [6.07, 6.45) is -9.84. The Morgan fingerprint density at radius 3 is 2.05 bits per heavy atom. The second-order valence-corrected chi connectivity index (χ2v) is 10.1. The van der Waals surface area contributed by atoms with E-state index in [0.717, 1.165) is 4.68 Å². The molecule has 1 aromatic heterocycles. The van der Waals surface area contributed by atoms with Gasteiger partial charge in [0.15, 0.2) is 5.69 Å². The summed E-state index contributed by atoms with van der Waals surface area (Å²) in [4.78, 5) is 21.8. The van der Waals surface area contributed by atoms with E-state index in [4.69, 9.17) is 20.8 Å². The molecule has 0 spiro atoms. The Morgan fingerprint density at radius 2 is 1.51 bits per heavy atom. The number of carbonyl (C=O) groups excluding carboxylic acids is 1. The van der Waals surface area contributed by atoms with Crippen molar-refractivity contribution < 1.29 is 49.5 Å². The molecule has 43 heavy (non-hydrogen) atoms. The summed E-state index contributed by atoms with van der Waals surface area (Å²) >= 11 is 0. The average molecular weight is 630 g/mol. The SMILES string of the molecule is NCc1cccc(-n2nc(C(F)(F)F)cc2C(=O)Nc2ccc(-c3ccccc3S(N)(=O)=O)cc2)c1.O=C(O)C(F)(F)F. The molecular weight excluding hydrogens is 608 g/mol. The number of alkyl halides is 6. The van der Waals surface area contributed by atoms with E-state index < -0.39 is 39.9 Å². The Kier molecular flexibility index (Phi) is 9.63. The van der Waals surface area contributed by atoms with Crippen molar-refractivity contribution in [3.63, 3.8) is 0 Å². The summed E-state index contributed by atoms with van der Waals surface area (Å²) in [7, 11) is -3.97. The van der Waals surface area contributed by atoms with Crippen LogP contribution >= 0.6 is 0 Å². The van der Waals surface area contributed by atoms with E-state index in [-0.39, 0.29) is 28.5 Å². The quantitative estimate of drug-likeness (QED) is 0.227. The lowest BCUT2D eigenvalue weighted by atomic mass is 10.1. The smallest absolute Gasteiger partial charge is 0.475 e. The average Bonchev–Trinajstić information content (AvgIpc) is 3.40. The van der Waals surface area contributed by atoms with Crippen molar-refractivity contribution in [2.75, 3.05) is 5.32 Å². The third-order valence-corrected chi connectivity index (χ3v) is 6.48. The van der Waals surface area contributed by atoms with Crippen LogP contribution in [0.3, 0.4) is 0 Å². The maximum atomic E-state index is 13.4. The van der Waals surface area contributed by atoms with Gasteiger partial charge in [0.2, 0.25) is 10.0 Å². The molecule has 4 aromatic rings. The number of carboxylic acids is 1. The maximum Gasteiger partial charge on any atom is 0.490 e. The molecule has 0 atom stereocenters. The van der Waals surface area contributed by atoms with E-state index in [1.165, 1.54) is 24.3 Å². The topological polar surface area (TPSA) is 170 Å². The number of benzene rings is 3. The van der Waals surface area contributed by atoms with Crippen molar-refractivity contribution in [3.8, 4) is 16.8 Å². The number of carbonyl (C=O) groups is 2. The Balaban J connectivity index is 0.000000646. The van der Waals surface area contributed by atoms with Crippen molar-refractivity contribution in [2.24, 2.45) is 10.9 Å². The minimum atomic E-state index is -5.08. The van der Waals surface area contributed by atoms with E-state index in [2.05, 4.69) is 10.4 Å². The number of amides is 1. The number of halogens is 6. The summed E-state index contributed by atoms with van der Waals surface area (Å²) in [6, 6.07) is 19.3. The predicted molar refractivity (Wildman–Crippen MR) is 141 cm³/mol. The fourth-order valence-corrected chi connectivity index (χ4v) is 4.34. The first-order valence-electron chi connectivity index (χ1n) is 11.7. The molecule has 1 heterocycles. The van der Waals surface area contributed by atoms with Gasteiger partial charge in [-0.2, -0.15) is 31.4 Å². The van der Waals surface area contributed by atoms with Crippen molar-refractivity contribution in [1.82, 2.24) is 9.78 Å². The lowest BCUT2D eigenvalue weighted by molar-refractivity contribution is -0.192. The van der Waals surface area contributed by atoms with Gasteiger partial charge in [-0.1, -0.05) is 42.5 Å². The largest absolute Gasteiger partial charge is 0.490 e. The molecule has 6 N–H and O–H groups in total. The highest BCUT2D eigenvalue weighted by Crippen LogP contribution is 2.31. The first-order chi connectivity index (χ1) is 19.9. The van der Waals surface area contributed by atoms with Crippen LogP contribution in [0.5, 0.6) is 0 Å². The fraction of sp³-hybridized carbons (Fsp3) is 0.115. The van der Waals surface area contributed by atoms with Gasteiger partial charge in [0.1, 0.15) is 5.69 Å². The standard InChI is InChI=1S/C24H20F3N5O3S.C2HF3O2/c25-24(26,27)22-13-20(32(31-22)18-5-3-4-15(12-18)14-28)23(33)30-17-10-8-16(9-11-17)19-6-1-2-7-21(19)36(29,34)35;3-2(4,5)1(6)7/h1-13H,14,28H2,(H,30,33)(H2,29,34,35);(H,6,7). The van der Waals surface area contributed by atoms with Crippen molar-refractivity contribution in [1.29, 1.82) is 0 Å². The minimum absolute atomic E-state index is 0.0647. The van der Waals surface area contributed by atoms with Gasteiger partial charge < -0.3 is 16.2 Å². The normalized spacial score (nSPS) is 11.8. The minimum Gasteiger partial charge on any atom is -0.475 e. The van der Waals surface area contributed by atoms with Crippen LogP contribution in [0.25, 0.3) is 16.8 Å². The third-order valence-electron chi connectivity index (χ3n) is 5.51. The lowest BCUT2D eigenvalue weighted by Crippen LogP contribution is -2.21. The van der Waals surface area contributed by atoms with Crippen LogP contribution in [0.2, 0.25) is 0 Å². The Bertz CT molecular complexity index is 1740. The molecule has 0 aliphatic rings. The number of carboxylic acid groups (broad SMARTS) is 1. The Hall–Kier alpha value is -4.74. The zero-order valence-corrected chi connectivity index (χ0v) is 22.3. The lowest BCUT2D eigenvalue weighted by Gasteiger charge is -2.11. The van der Waals surface area contributed by atoms with Gasteiger partial charge in [0.25, 0.3) is 5.91 Å². The van der Waals surface area contributed by atoms with E-state index in [9.17, 15) is 39.6 Å². The van der Waals surface area contributed by atoms with Crippen LogP contribution in [-0.4, -0.2) is 41.4 Å². The summed E-state index contributed by atoms with van der Waals surface area (Å²) in [6.45, 7) is 0.156. The van der Waals surface area contributed by atoms with Gasteiger partial charge >= 0.3 is 18.3 Å². The molecule has 0 saturated heterocycles. The highest BCUT2D eigenvalue weighted by molar-refractivity contribution is 7.89. The second kappa shape index (κ2) is 12.6. The molecule has 0 saturated carbocycles. The molecule has 0 radical (unpaired) electrons. The van der Waals surface area contributed by atoms with Gasteiger partial charge in [0.05, 0.1) is 10.6 Å². The molecule has 1 amide bonds. The van der Waals surface area contributed by atoms with Gasteiger partial charge in [-0.05, 0) is 41.5 Å². The van der Waals surface area contributed by atoms with Crippen molar-refractivity contribution in [2.45, 2.75) is 23.8 Å². The number of anilines is 1. The molecule has 0 aliphatic carbocycles. The number of sulfonamides is 1. The van der Waals surface area contributed by atoms with E-state index >= 15 is 0 Å². The van der Waals surface area contributed by atoms with Gasteiger partial charge in [-0.3, -0.25) is 4.79 Å². The van der Waals surface area contributed by atoms with E-state index in [1.807, 2.05) is 0 Å². The Morgan fingerprint density at radius 1 is 0.907 bits per heavy atom. The molecule has 0 fully saturated rings. The number of aliphatic carboxylic acids is 1. The zero-order valence-electron chi connectivity index (χ0n) is 21.5. The number of aromatic nitrogens is 2. The van der Waals surface area contributed by atoms with Crippen LogP contribution in [0.1, 0.15) is 21.7 Å². The van der Waals surface area contributed by atoms with Crippen LogP contribution < -0.4 is 16.2 Å². The van der Waals surface area contributed by atoms with Crippen LogP contribution in [0.15, 0.2) is 83.8 Å². The summed E-state index contributed by atoms with van der Waals surface area (Å²) in [5.41, 5.74) is 6.12. The summed E-state index contributed by atoms with van der Waals surface area (Å²) in [5.74, 6) is -3.58. The number of rotatable bonds is 6. The zero-order chi connectivity index (χ0) is 32.2. The first kappa shape index (κ1) is 32.8. The van der Waals surface area contributed by atoms with E-state index in [0.29, 0.717) is 22.8 Å². The molecule has 0 aliphatic heterocycles. The molecule has 4 rings (SSSR count). The molecule has 0 bridgehead atoms. The maximum absolute atomic E-state index is 13.4. The van der Waals surface area contributed by atoms with Crippen molar-refractivity contribution in [3.05, 3.63) is 95.8 Å². The number of hydrogen-bond acceptors (Lipinski definition) is 6. The predicted octanol–water partition coefficient (Wildman–Crippen LogP) is 4.55. The van der Waals surface area contributed by atoms with Crippen LogP contribution in [0, 0.1) is 0 Å². The molecule has 17 heteroatoms. The summed E-state index contributed by atoms with van der Waals surface area (Å²) < 4.78 is 96.5. The third kappa shape index (κ3) is 8.40. The van der Waals surface area contributed by atoms with Gasteiger partial charge in [-0.25, -0.2) is 23.0 Å². The molecular formula is C26H21F6N5O5S.